The highest BCUT2D eigenvalue weighted by Gasteiger charge is 2.28. The number of nitrogens with zero attached hydrogens (tertiary/aromatic N) is 4. The topological polar surface area (TPSA) is 73.8 Å². The van der Waals surface area contributed by atoms with Crippen LogP contribution in [0.4, 0.5) is 0 Å². The van der Waals surface area contributed by atoms with E-state index in [1.807, 2.05) is 30.3 Å². The van der Waals surface area contributed by atoms with Gasteiger partial charge in [-0.05, 0) is 60.4 Å². The molecule has 26 heavy (non-hydrogen) atoms. The highest BCUT2D eigenvalue weighted by Crippen LogP contribution is 2.40. The predicted molar refractivity (Wildman–Crippen MR) is 99.8 cm³/mol. The van der Waals surface area contributed by atoms with Crippen LogP contribution in [0.1, 0.15) is 30.3 Å². The molecular formula is C18H14N4O2S2. The summed E-state index contributed by atoms with van der Waals surface area (Å²) in [7, 11) is 0. The summed E-state index contributed by atoms with van der Waals surface area (Å²) >= 11 is 2.75. The Morgan fingerprint density at radius 2 is 2.08 bits per heavy atom. The van der Waals surface area contributed by atoms with Gasteiger partial charge in [-0.15, -0.1) is 0 Å². The molecule has 0 saturated heterocycles. The monoisotopic (exact) mass is 382 g/mol. The van der Waals surface area contributed by atoms with Crippen molar-refractivity contribution in [2.45, 2.75) is 34.8 Å². The molecule has 0 amide bonds. The predicted octanol–water partition coefficient (Wildman–Crippen LogP) is 3.92. The summed E-state index contributed by atoms with van der Waals surface area (Å²) in [6, 6.07) is 11.1. The second-order valence-corrected chi connectivity index (χ2v) is 8.14. The summed E-state index contributed by atoms with van der Waals surface area (Å²) in [6.45, 7) is 0.334. The van der Waals surface area contributed by atoms with E-state index in [4.69, 9.17) is 9.40 Å². The largest absolute Gasteiger partial charge is 0.467 e. The first-order valence-corrected chi connectivity index (χ1v) is 9.90. The molecule has 5 rings (SSSR count). The maximum absolute atomic E-state index is 13.0. The first-order chi connectivity index (χ1) is 12.8. The molecule has 1 aromatic carbocycles. The summed E-state index contributed by atoms with van der Waals surface area (Å²) in [5, 5.41) is 1.20. The fourth-order valence-electron chi connectivity index (χ4n) is 2.77. The molecule has 1 aliphatic carbocycles. The summed E-state index contributed by atoms with van der Waals surface area (Å²) in [6.07, 6.45) is 3.94. The van der Waals surface area contributed by atoms with Gasteiger partial charge in [-0.25, -0.2) is 9.97 Å². The normalized spacial score (nSPS) is 14.2. The van der Waals surface area contributed by atoms with Crippen LogP contribution in [0.2, 0.25) is 0 Å². The van der Waals surface area contributed by atoms with Crippen LogP contribution in [-0.4, -0.2) is 18.9 Å². The number of hydrogen-bond donors (Lipinski definition) is 0. The number of benzene rings is 1. The van der Waals surface area contributed by atoms with Gasteiger partial charge in [-0.2, -0.15) is 4.37 Å². The number of rotatable bonds is 5. The molecule has 4 aromatic rings. The van der Waals surface area contributed by atoms with Gasteiger partial charge >= 0.3 is 0 Å². The van der Waals surface area contributed by atoms with Crippen LogP contribution >= 0.6 is 23.3 Å². The molecule has 3 aromatic heterocycles. The molecule has 1 fully saturated rings. The van der Waals surface area contributed by atoms with Crippen molar-refractivity contribution in [1.82, 2.24) is 18.9 Å². The van der Waals surface area contributed by atoms with E-state index in [9.17, 15) is 4.79 Å². The van der Waals surface area contributed by atoms with E-state index in [2.05, 4.69) is 9.36 Å². The Bertz CT molecular complexity index is 1130. The maximum Gasteiger partial charge on any atom is 0.262 e. The number of aromatic nitrogens is 4. The van der Waals surface area contributed by atoms with E-state index in [0.717, 1.165) is 23.0 Å². The molecule has 0 aliphatic heterocycles. The van der Waals surface area contributed by atoms with Gasteiger partial charge in [0.15, 0.2) is 9.50 Å². The lowest BCUT2D eigenvalue weighted by Crippen LogP contribution is -2.23. The molecule has 0 bridgehead atoms. The standard InChI is InChI=1S/C18H14N4O2S2/c23-16-13-5-1-2-6-14(13)19-17(22(16)10-12-4-3-9-24-12)25-18-20-15(21-26-18)11-7-8-11/h1-6,9,11H,7-8,10H2. The van der Waals surface area contributed by atoms with E-state index in [-0.39, 0.29) is 5.56 Å². The Morgan fingerprint density at radius 1 is 1.19 bits per heavy atom. The van der Waals surface area contributed by atoms with Gasteiger partial charge in [0.2, 0.25) is 0 Å². The van der Waals surface area contributed by atoms with Gasteiger partial charge < -0.3 is 4.42 Å². The molecule has 0 radical (unpaired) electrons. The van der Waals surface area contributed by atoms with Crippen LogP contribution in [0.25, 0.3) is 10.9 Å². The third kappa shape index (κ3) is 2.95. The van der Waals surface area contributed by atoms with Crippen molar-refractivity contribution in [2.24, 2.45) is 0 Å². The number of furan rings is 1. The third-order valence-electron chi connectivity index (χ3n) is 4.26. The van der Waals surface area contributed by atoms with Crippen LogP contribution in [0.3, 0.4) is 0 Å². The van der Waals surface area contributed by atoms with Crippen molar-refractivity contribution in [1.29, 1.82) is 0 Å². The lowest BCUT2D eigenvalue weighted by molar-refractivity contribution is 0.476. The Labute approximate surface area is 157 Å². The van der Waals surface area contributed by atoms with Crippen molar-refractivity contribution in [3.63, 3.8) is 0 Å². The minimum Gasteiger partial charge on any atom is -0.467 e. The number of para-hydroxylation sites is 1. The highest BCUT2D eigenvalue weighted by atomic mass is 32.2. The van der Waals surface area contributed by atoms with Crippen LogP contribution in [0, 0.1) is 0 Å². The molecule has 0 N–H and O–H groups in total. The van der Waals surface area contributed by atoms with Gasteiger partial charge in [-0.3, -0.25) is 9.36 Å². The molecule has 1 saturated carbocycles. The molecule has 1 aliphatic rings. The van der Waals surface area contributed by atoms with Crippen LogP contribution in [0.15, 0.2) is 61.4 Å². The first kappa shape index (κ1) is 15.8. The second kappa shape index (κ2) is 6.37. The quantitative estimate of drug-likeness (QED) is 0.487. The summed E-state index contributed by atoms with van der Waals surface area (Å²) in [5.74, 6) is 2.13. The van der Waals surface area contributed by atoms with Crippen molar-refractivity contribution in [2.75, 3.05) is 0 Å². The molecule has 0 unspecified atom stereocenters. The third-order valence-corrected chi connectivity index (χ3v) is 6.02. The molecule has 0 spiro atoms. The van der Waals surface area contributed by atoms with E-state index >= 15 is 0 Å². The average molecular weight is 382 g/mol. The van der Waals surface area contributed by atoms with Gasteiger partial charge in [0.05, 0.1) is 23.7 Å². The highest BCUT2D eigenvalue weighted by molar-refractivity contribution is 8.00. The minimum absolute atomic E-state index is 0.0820. The van der Waals surface area contributed by atoms with Crippen LogP contribution in [0.5, 0.6) is 0 Å². The summed E-state index contributed by atoms with van der Waals surface area (Å²) in [4.78, 5) is 22.3. The Balaban J connectivity index is 1.59. The van der Waals surface area contributed by atoms with Crippen molar-refractivity contribution >= 4 is 34.2 Å². The van der Waals surface area contributed by atoms with Crippen molar-refractivity contribution in [3.8, 4) is 0 Å². The smallest absolute Gasteiger partial charge is 0.262 e. The SMILES string of the molecule is O=c1c2ccccc2nc(Sc2nc(C3CC3)ns2)n1Cc1ccco1. The second-order valence-electron chi connectivity index (χ2n) is 6.18. The van der Waals surface area contributed by atoms with E-state index in [1.54, 1.807) is 16.9 Å². The fraction of sp³-hybridized carbons (Fsp3) is 0.222. The Kier molecular flexibility index (Phi) is 3.86. The zero-order valence-electron chi connectivity index (χ0n) is 13.7. The zero-order chi connectivity index (χ0) is 17.5. The van der Waals surface area contributed by atoms with Gasteiger partial charge in [0.1, 0.15) is 11.6 Å². The zero-order valence-corrected chi connectivity index (χ0v) is 15.3. The average Bonchev–Trinajstić information content (AvgIpc) is 3.17. The summed E-state index contributed by atoms with van der Waals surface area (Å²) < 4.78 is 12.3. The fourth-order valence-corrected chi connectivity index (χ4v) is 4.45. The number of hydrogen-bond acceptors (Lipinski definition) is 7. The van der Waals surface area contributed by atoms with Crippen LogP contribution in [-0.2, 0) is 6.54 Å². The summed E-state index contributed by atoms with van der Waals surface area (Å²) in [5.41, 5.74) is 0.601. The van der Waals surface area contributed by atoms with Crippen molar-refractivity contribution < 1.29 is 4.42 Å². The number of fused-ring (bicyclic) bond motifs is 1. The van der Waals surface area contributed by atoms with Crippen LogP contribution < -0.4 is 5.56 Å². The van der Waals surface area contributed by atoms with Gasteiger partial charge in [0.25, 0.3) is 5.56 Å². The lowest BCUT2D eigenvalue weighted by Gasteiger charge is -2.10. The maximum atomic E-state index is 13.0. The molecule has 6 nitrogen and oxygen atoms in total. The Hall–Kier alpha value is -2.45. The molecule has 3 heterocycles. The van der Waals surface area contributed by atoms with Gasteiger partial charge in [0, 0.05) is 5.92 Å². The Morgan fingerprint density at radius 3 is 2.88 bits per heavy atom. The molecule has 130 valence electrons. The van der Waals surface area contributed by atoms with Crippen molar-refractivity contribution in [3.05, 3.63) is 64.6 Å². The first-order valence-electron chi connectivity index (χ1n) is 8.31. The molecule has 8 heteroatoms. The lowest BCUT2D eigenvalue weighted by atomic mass is 10.2. The van der Waals surface area contributed by atoms with E-state index in [1.165, 1.54) is 23.3 Å². The van der Waals surface area contributed by atoms with E-state index in [0.29, 0.717) is 34.3 Å². The molecular weight excluding hydrogens is 368 g/mol. The van der Waals surface area contributed by atoms with E-state index < -0.39 is 0 Å². The minimum atomic E-state index is -0.0820. The van der Waals surface area contributed by atoms with Gasteiger partial charge in [-0.1, -0.05) is 12.1 Å². The molecule has 0 atom stereocenters.